The van der Waals surface area contributed by atoms with Gasteiger partial charge in [-0.2, -0.15) is 0 Å². The summed E-state index contributed by atoms with van der Waals surface area (Å²) in [7, 11) is 0. The number of aromatic hydroxyl groups is 1. The molecule has 0 heterocycles. The van der Waals surface area contributed by atoms with Crippen molar-refractivity contribution in [1.82, 2.24) is 4.90 Å². The second-order valence-corrected chi connectivity index (χ2v) is 8.47. The van der Waals surface area contributed by atoms with Crippen LogP contribution in [-0.2, 0) is 0 Å². The Hall–Kier alpha value is -2.00. The summed E-state index contributed by atoms with van der Waals surface area (Å²) in [6.07, 6.45) is 1.04. The van der Waals surface area contributed by atoms with Crippen LogP contribution in [0.4, 0.5) is 0 Å². The van der Waals surface area contributed by atoms with Crippen molar-refractivity contribution in [2.45, 2.75) is 79.0 Å². The molecule has 0 radical (unpaired) electrons. The maximum Gasteiger partial charge on any atom is 0.123 e. The monoisotopic (exact) mass is 383 g/mol. The number of hydrogen-bond acceptors (Lipinski definition) is 3. The van der Waals surface area contributed by atoms with Gasteiger partial charge in [0.25, 0.3) is 0 Å². The minimum atomic E-state index is 0.101. The highest BCUT2D eigenvalue weighted by Gasteiger charge is 2.24. The van der Waals surface area contributed by atoms with Crippen LogP contribution in [-0.4, -0.2) is 34.7 Å². The summed E-state index contributed by atoms with van der Waals surface area (Å²) < 4.78 is 6.01. The molecule has 0 amide bonds. The van der Waals surface area contributed by atoms with Crippen molar-refractivity contribution < 1.29 is 9.84 Å². The summed E-state index contributed by atoms with van der Waals surface area (Å²) in [5.41, 5.74) is 3.25. The van der Waals surface area contributed by atoms with Gasteiger partial charge >= 0.3 is 0 Å². The van der Waals surface area contributed by atoms with E-state index in [2.05, 4.69) is 63.8 Å². The maximum atomic E-state index is 10.8. The van der Waals surface area contributed by atoms with E-state index in [0.29, 0.717) is 17.8 Å². The first-order valence-electron chi connectivity index (χ1n) is 10.5. The Morgan fingerprint density at radius 3 is 2.04 bits per heavy atom. The Balaban J connectivity index is 2.46. The van der Waals surface area contributed by atoms with E-state index in [0.717, 1.165) is 29.8 Å². The fraction of sp³-hybridized carbons (Fsp3) is 0.520. The number of phenolic OH excluding ortho intramolecular Hbond substituents is 1. The molecule has 3 heteroatoms. The van der Waals surface area contributed by atoms with Crippen LogP contribution in [0.25, 0.3) is 0 Å². The third-order valence-corrected chi connectivity index (χ3v) is 5.36. The summed E-state index contributed by atoms with van der Waals surface area (Å²) >= 11 is 0. The zero-order chi connectivity index (χ0) is 20.8. The van der Waals surface area contributed by atoms with Crippen molar-refractivity contribution in [3.63, 3.8) is 0 Å². The van der Waals surface area contributed by atoms with Crippen molar-refractivity contribution in [2.75, 3.05) is 6.54 Å². The molecule has 0 aromatic heterocycles. The lowest BCUT2D eigenvalue weighted by Gasteiger charge is -2.32. The lowest BCUT2D eigenvalue weighted by molar-refractivity contribution is 0.170. The molecule has 154 valence electrons. The molecule has 0 aliphatic carbocycles. The number of nitrogens with zero attached hydrogens (tertiary/aromatic N) is 1. The standard InChI is InChI=1S/C25H37NO2/c1-17(2)26(18(3)4)16-15-22(21-11-9-8-10-12-21)25-20(7)24(28-19(5)6)14-13-23(25)27/h8-14,17-19,22,27H,15-16H2,1-7H3. The van der Waals surface area contributed by atoms with E-state index in [1.54, 1.807) is 6.07 Å². The minimum absolute atomic E-state index is 0.101. The van der Waals surface area contributed by atoms with Crippen LogP contribution < -0.4 is 4.74 Å². The van der Waals surface area contributed by atoms with E-state index < -0.39 is 0 Å². The molecule has 2 aromatic carbocycles. The molecule has 0 spiro atoms. The van der Waals surface area contributed by atoms with Gasteiger partial charge in [-0.15, -0.1) is 0 Å². The Kier molecular flexibility index (Phi) is 7.94. The quantitative estimate of drug-likeness (QED) is 0.565. The Bertz CT molecular complexity index is 730. The molecule has 3 nitrogen and oxygen atoms in total. The van der Waals surface area contributed by atoms with E-state index in [1.807, 2.05) is 26.0 Å². The Morgan fingerprint density at radius 2 is 1.50 bits per heavy atom. The molecule has 2 rings (SSSR count). The molecule has 2 aromatic rings. The average Bonchev–Trinajstić information content (AvgIpc) is 2.62. The smallest absolute Gasteiger partial charge is 0.123 e. The van der Waals surface area contributed by atoms with Crippen LogP contribution in [0.3, 0.4) is 0 Å². The number of phenols is 1. The van der Waals surface area contributed by atoms with Crippen LogP contribution in [0, 0.1) is 6.92 Å². The van der Waals surface area contributed by atoms with Gasteiger partial charge in [-0.1, -0.05) is 30.3 Å². The Labute approximate surface area is 171 Å². The van der Waals surface area contributed by atoms with Crippen LogP contribution in [0.5, 0.6) is 11.5 Å². The molecule has 0 saturated heterocycles. The van der Waals surface area contributed by atoms with Crippen molar-refractivity contribution in [1.29, 1.82) is 0 Å². The van der Waals surface area contributed by atoms with Gasteiger partial charge in [0.1, 0.15) is 11.5 Å². The fourth-order valence-electron chi connectivity index (χ4n) is 4.07. The molecule has 0 bridgehead atoms. The summed E-state index contributed by atoms with van der Waals surface area (Å²) in [6.45, 7) is 16.1. The molecule has 0 saturated carbocycles. The predicted octanol–water partition coefficient (Wildman–Crippen LogP) is 6.13. The van der Waals surface area contributed by atoms with Gasteiger partial charge in [0, 0.05) is 23.6 Å². The van der Waals surface area contributed by atoms with E-state index in [-0.39, 0.29) is 12.0 Å². The highest BCUT2D eigenvalue weighted by Crippen LogP contribution is 2.40. The van der Waals surface area contributed by atoms with Crippen LogP contribution in [0.1, 0.15) is 70.6 Å². The van der Waals surface area contributed by atoms with Gasteiger partial charge in [0.15, 0.2) is 0 Å². The SMILES string of the molecule is Cc1c(OC(C)C)ccc(O)c1C(CCN(C(C)C)C(C)C)c1ccccc1. The number of rotatable bonds is 9. The van der Waals surface area contributed by atoms with Crippen molar-refractivity contribution in [3.05, 3.63) is 59.2 Å². The van der Waals surface area contributed by atoms with Crippen LogP contribution in [0.15, 0.2) is 42.5 Å². The highest BCUT2D eigenvalue weighted by atomic mass is 16.5. The van der Waals surface area contributed by atoms with E-state index >= 15 is 0 Å². The zero-order valence-corrected chi connectivity index (χ0v) is 18.6. The third-order valence-electron chi connectivity index (χ3n) is 5.36. The topological polar surface area (TPSA) is 32.7 Å². The summed E-state index contributed by atoms with van der Waals surface area (Å²) in [4.78, 5) is 2.51. The number of hydrogen-bond donors (Lipinski definition) is 1. The number of ether oxygens (including phenoxy) is 1. The minimum Gasteiger partial charge on any atom is -0.508 e. The summed E-state index contributed by atoms with van der Waals surface area (Å²) in [5.74, 6) is 1.33. The Morgan fingerprint density at radius 1 is 0.893 bits per heavy atom. The molecule has 0 fully saturated rings. The van der Waals surface area contributed by atoms with Gasteiger partial charge in [-0.25, -0.2) is 0 Å². The van der Waals surface area contributed by atoms with Gasteiger partial charge in [0.05, 0.1) is 6.10 Å². The first-order chi connectivity index (χ1) is 13.2. The molecule has 1 unspecified atom stereocenters. The molecule has 28 heavy (non-hydrogen) atoms. The van der Waals surface area contributed by atoms with Crippen LogP contribution in [0.2, 0.25) is 0 Å². The van der Waals surface area contributed by atoms with Crippen molar-refractivity contribution in [3.8, 4) is 11.5 Å². The normalized spacial score (nSPS) is 13.0. The lowest BCUT2D eigenvalue weighted by Crippen LogP contribution is -2.38. The predicted molar refractivity (Wildman–Crippen MR) is 118 cm³/mol. The maximum absolute atomic E-state index is 10.8. The number of benzene rings is 2. The zero-order valence-electron chi connectivity index (χ0n) is 18.6. The lowest BCUT2D eigenvalue weighted by atomic mass is 9.84. The molecule has 0 aliphatic heterocycles. The van der Waals surface area contributed by atoms with Gasteiger partial charge in [-0.3, -0.25) is 4.90 Å². The summed E-state index contributed by atoms with van der Waals surface area (Å²) in [5, 5.41) is 10.8. The van der Waals surface area contributed by atoms with Crippen LogP contribution >= 0.6 is 0 Å². The van der Waals surface area contributed by atoms with E-state index in [1.165, 1.54) is 5.56 Å². The highest BCUT2D eigenvalue weighted by molar-refractivity contribution is 5.52. The summed E-state index contributed by atoms with van der Waals surface area (Å²) in [6, 6.07) is 15.1. The largest absolute Gasteiger partial charge is 0.508 e. The molecule has 1 N–H and O–H groups in total. The second kappa shape index (κ2) is 9.97. The van der Waals surface area contributed by atoms with Gasteiger partial charge in [-0.05, 0) is 84.7 Å². The first-order valence-corrected chi connectivity index (χ1v) is 10.5. The van der Waals surface area contributed by atoms with E-state index in [4.69, 9.17) is 4.74 Å². The molecule has 1 atom stereocenters. The average molecular weight is 384 g/mol. The fourth-order valence-corrected chi connectivity index (χ4v) is 4.07. The molecular weight excluding hydrogens is 346 g/mol. The molecule has 0 aliphatic rings. The van der Waals surface area contributed by atoms with Crippen molar-refractivity contribution in [2.24, 2.45) is 0 Å². The first kappa shape index (κ1) is 22.3. The van der Waals surface area contributed by atoms with Gasteiger partial charge in [0.2, 0.25) is 0 Å². The second-order valence-electron chi connectivity index (χ2n) is 8.47. The van der Waals surface area contributed by atoms with Gasteiger partial charge < -0.3 is 9.84 Å². The molecular formula is C25H37NO2. The van der Waals surface area contributed by atoms with Crippen molar-refractivity contribution >= 4 is 0 Å². The third kappa shape index (κ3) is 5.51. The van der Waals surface area contributed by atoms with E-state index in [9.17, 15) is 5.11 Å².